The third-order valence-electron chi connectivity index (χ3n) is 1.99. The lowest BCUT2D eigenvalue weighted by Gasteiger charge is -2.08. The first-order valence-electron chi connectivity index (χ1n) is 5.97. The summed E-state index contributed by atoms with van der Waals surface area (Å²) in [6.45, 7) is 5.58. The molecule has 0 bridgehead atoms. The average molecular weight is 262 g/mol. The summed E-state index contributed by atoms with van der Waals surface area (Å²) in [4.78, 5) is 10.7. The van der Waals surface area contributed by atoms with E-state index in [2.05, 4.69) is 11.8 Å². The summed E-state index contributed by atoms with van der Waals surface area (Å²) in [5.74, 6) is 7.75. The molecular weight excluding hydrogens is 244 g/mol. The minimum atomic E-state index is 0.145. The van der Waals surface area contributed by atoms with Gasteiger partial charge in [-0.05, 0) is 38.1 Å². The minimum absolute atomic E-state index is 0.145. The molecule has 18 heavy (non-hydrogen) atoms. The van der Waals surface area contributed by atoms with Crippen molar-refractivity contribution in [2.24, 2.45) is 0 Å². The van der Waals surface area contributed by atoms with Crippen LogP contribution in [0.15, 0.2) is 24.3 Å². The molecule has 96 valence electrons. The molecule has 0 fully saturated rings. The van der Waals surface area contributed by atoms with Crippen LogP contribution in [0.25, 0.3) is 0 Å². The van der Waals surface area contributed by atoms with E-state index in [0.717, 1.165) is 23.5 Å². The van der Waals surface area contributed by atoms with E-state index in [9.17, 15) is 4.79 Å². The molecule has 0 aromatic heterocycles. The molecule has 0 aliphatic carbocycles. The second-order valence-electron chi connectivity index (χ2n) is 4.08. The molecule has 0 aliphatic rings. The van der Waals surface area contributed by atoms with Gasteiger partial charge in [0, 0.05) is 24.7 Å². The second kappa shape index (κ2) is 7.84. The molecule has 0 spiro atoms. The number of carbonyl (C=O) groups excluding carboxylic acids is 1. The van der Waals surface area contributed by atoms with Crippen LogP contribution in [0.4, 0.5) is 0 Å². The molecule has 2 nitrogen and oxygen atoms in total. The molecule has 0 atom stereocenters. The highest BCUT2D eigenvalue weighted by Crippen LogP contribution is 2.13. The number of hydrogen-bond donors (Lipinski definition) is 0. The Bertz CT molecular complexity index is 438. The van der Waals surface area contributed by atoms with E-state index in [1.54, 1.807) is 6.92 Å². The molecule has 0 saturated carbocycles. The highest BCUT2D eigenvalue weighted by Gasteiger charge is 1.96. The fourth-order valence-electron chi connectivity index (χ4n) is 1.30. The number of benzene rings is 1. The topological polar surface area (TPSA) is 26.3 Å². The van der Waals surface area contributed by atoms with Gasteiger partial charge in [-0.3, -0.25) is 4.79 Å². The monoisotopic (exact) mass is 262 g/mol. The molecule has 0 saturated heterocycles. The van der Waals surface area contributed by atoms with Crippen molar-refractivity contribution in [3.63, 3.8) is 0 Å². The summed E-state index contributed by atoms with van der Waals surface area (Å²) in [6, 6.07) is 7.74. The van der Waals surface area contributed by atoms with E-state index in [-0.39, 0.29) is 11.2 Å². The molecule has 1 aromatic carbocycles. The maximum Gasteiger partial charge on any atom is 0.185 e. The predicted octanol–water partition coefficient (Wildman–Crippen LogP) is 3.50. The molecule has 1 aromatic rings. The molecule has 0 N–H and O–H groups in total. The highest BCUT2D eigenvalue weighted by molar-refractivity contribution is 8.13. The normalized spacial score (nSPS) is 9.78. The van der Waals surface area contributed by atoms with Crippen LogP contribution >= 0.6 is 11.8 Å². The molecule has 0 radical (unpaired) electrons. The second-order valence-corrected chi connectivity index (χ2v) is 5.35. The van der Waals surface area contributed by atoms with Gasteiger partial charge in [0.05, 0.1) is 6.10 Å². The van der Waals surface area contributed by atoms with Gasteiger partial charge in [0.25, 0.3) is 0 Å². The fourth-order valence-corrected chi connectivity index (χ4v) is 1.79. The van der Waals surface area contributed by atoms with Crippen LogP contribution in [0.5, 0.6) is 5.75 Å². The molecule has 0 unspecified atom stereocenters. The maximum absolute atomic E-state index is 10.7. The van der Waals surface area contributed by atoms with Crippen molar-refractivity contribution in [2.45, 2.75) is 33.3 Å². The van der Waals surface area contributed by atoms with Gasteiger partial charge in [0.15, 0.2) is 5.12 Å². The van der Waals surface area contributed by atoms with Crippen LogP contribution in [0.1, 0.15) is 32.8 Å². The summed E-state index contributed by atoms with van der Waals surface area (Å²) in [5, 5.41) is 0.145. The van der Waals surface area contributed by atoms with Crippen LogP contribution < -0.4 is 4.74 Å². The number of hydrogen-bond acceptors (Lipinski definition) is 3. The lowest BCUT2D eigenvalue weighted by molar-refractivity contribution is -0.109. The molecule has 0 aliphatic heterocycles. The molecule has 1 rings (SSSR count). The van der Waals surface area contributed by atoms with Crippen molar-refractivity contribution in [1.29, 1.82) is 0 Å². The first kappa shape index (κ1) is 14.7. The van der Waals surface area contributed by atoms with Crippen molar-refractivity contribution in [2.75, 3.05) is 5.75 Å². The Labute approximate surface area is 113 Å². The van der Waals surface area contributed by atoms with Gasteiger partial charge in [-0.15, -0.1) is 0 Å². The van der Waals surface area contributed by atoms with Crippen molar-refractivity contribution < 1.29 is 9.53 Å². The lowest BCUT2D eigenvalue weighted by atomic mass is 10.2. The SMILES string of the molecule is CC(=O)SCCC#Cc1ccc(OC(C)C)cc1. The Balaban J connectivity index is 2.43. The average Bonchev–Trinajstić information content (AvgIpc) is 2.30. The number of ether oxygens (including phenoxy) is 1. The smallest absolute Gasteiger partial charge is 0.185 e. The van der Waals surface area contributed by atoms with Gasteiger partial charge in [-0.25, -0.2) is 0 Å². The van der Waals surface area contributed by atoms with Gasteiger partial charge in [-0.2, -0.15) is 0 Å². The maximum atomic E-state index is 10.7. The quantitative estimate of drug-likeness (QED) is 0.613. The van der Waals surface area contributed by atoms with Crippen LogP contribution in [-0.2, 0) is 4.79 Å². The van der Waals surface area contributed by atoms with E-state index >= 15 is 0 Å². The van der Waals surface area contributed by atoms with Crippen molar-refractivity contribution in [3.05, 3.63) is 29.8 Å². The lowest BCUT2D eigenvalue weighted by Crippen LogP contribution is -2.05. The molecular formula is C15H18O2S. The summed E-state index contributed by atoms with van der Waals surface area (Å²) < 4.78 is 5.55. The van der Waals surface area contributed by atoms with Crippen LogP contribution in [0, 0.1) is 11.8 Å². The Morgan fingerprint density at radius 3 is 2.56 bits per heavy atom. The zero-order chi connectivity index (χ0) is 13.4. The molecule has 3 heteroatoms. The van der Waals surface area contributed by atoms with Crippen LogP contribution in [0.3, 0.4) is 0 Å². The van der Waals surface area contributed by atoms with Crippen molar-refractivity contribution in [1.82, 2.24) is 0 Å². The fraction of sp³-hybridized carbons (Fsp3) is 0.400. The van der Waals surface area contributed by atoms with E-state index < -0.39 is 0 Å². The summed E-state index contributed by atoms with van der Waals surface area (Å²) in [5.41, 5.74) is 0.971. The zero-order valence-corrected chi connectivity index (χ0v) is 11.8. The third kappa shape index (κ3) is 6.36. The van der Waals surface area contributed by atoms with E-state index in [4.69, 9.17) is 4.74 Å². The Kier molecular flexibility index (Phi) is 6.38. The van der Waals surface area contributed by atoms with E-state index in [0.29, 0.717) is 0 Å². The Morgan fingerprint density at radius 1 is 1.33 bits per heavy atom. The minimum Gasteiger partial charge on any atom is -0.491 e. The first-order valence-corrected chi connectivity index (χ1v) is 6.95. The highest BCUT2D eigenvalue weighted by atomic mass is 32.2. The van der Waals surface area contributed by atoms with Crippen LogP contribution in [0.2, 0.25) is 0 Å². The first-order chi connectivity index (χ1) is 8.58. The third-order valence-corrected chi connectivity index (χ3v) is 2.81. The Hall–Kier alpha value is -1.40. The Morgan fingerprint density at radius 2 is 2.00 bits per heavy atom. The summed E-state index contributed by atoms with van der Waals surface area (Å²) >= 11 is 1.31. The molecule has 0 heterocycles. The summed E-state index contributed by atoms with van der Waals surface area (Å²) in [6.07, 6.45) is 0.916. The van der Waals surface area contributed by atoms with Gasteiger partial charge in [0.1, 0.15) is 5.75 Å². The van der Waals surface area contributed by atoms with E-state index in [1.807, 2.05) is 38.1 Å². The number of thioether (sulfide) groups is 1. The van der Waals surface area contributed by atoms with Crippen LogP contribution in [-0.4, -0.2) is 17.0 Å². The predicted molar refractivity (Wildman–Crippen MR) is 76.8 cm³/mol. The van der Waals surface area contributed by atoms with E-state index in [1.165, 1.54) is 11.8 Å². The zero-order valence-electron chi connectivity index (χ0n) is 11.0. The molecule has 0 amide bonds. The van der Waals surface area contributed by atoms with Gasteiger partial charge in [-0.1, -0.05) is 23.6 Å². The van der Waals surface area contributed by atoms with Gasteiger partial charge >= 0.3 is 0 Å². The standard InChI is InChI=1S/C15H18O2S/c1-12(2)17-15-9-7-14(8-10-15)6-4-5-11-18-13(3)16/h7-10,12H,5,11H2,1-3H3. The summed E-state index contributed by atoms with van der Waals surface area (Å²) in [7, 11) is 0. The van der Waals surface area contributed by atoms with Gasteiger partial charge in [0.2, 0.25) is 0 Å². The largest absolute Gasteiger partial charge is 0.491 e. The van der Waals surface area contributed by atoms with Crippen molar-refractivity contribution >= 4 is 16.9 Å². The van der Waals surface area contributed by atoms with Gasteiger partial charge < -0.3 is 4.74 Å². The van der Waals surface area contributed by atoms with Crippen molar-refractivity contribution in [3.8, 4) is 17.6 Å². The number of rotatable bonds is 4. The number of carbonyl (C=O) groups is 1.